The van der Waals surface area contributed by atoms with Crippen molar-refractivity contribution in [2.24, 2.45) is 4.99 Å². The molecule has 0 aromatic rings. The molecule has 1 atom stereocenters. The summed E-state index contributed by atoms with van der Waals surface area (Å²) in [6, 6.07) is 0.286. The third kappa shape index (κ3) is 6.29. The van der Waals surface area contributed by atoms with E-state index in [1.165, 1.54) is 25.7 Å². The van der Waals surface area contributed by atoms with Gasteiger partial charge in [-0.3, -0.25) is 4.99 Å². The summed E-state index contributed by atoms with van der Waals surface area (Å²) >= 11 is 0. The largest absolute Gasteiger partial charge is 0.444 e. The minimum absolute atomic E-state index is 0. The van der Waals surface area contributed by atoms with E-state index in [2.05, 4.69) is 22.1 Å². The van der Waals surface area contributed by atoms with E-state index in [4.69, 9.17) is 4.74 Å². The van der Waals surface area contributed by atoms with E-state index < -0.39 is 5.60 Å². The fourth-order valence-corrected chi connectivity index (χ4v) is 2.97. The maximum Gasteiger partial charge on any atom is 0.410 e. The van der Waals surface area contributed by atoms with Crippen molar-refractivity contribution in [3.8, 4) is 0 Å². The summed E-state index contributed by atoms with van der Waals surface area (Å²) < 4.78 is 5.47. The Balaban J connectivity index is 0.00000288. The molecule has 0 aromatic heterocycles. The van der Waals surface area contributed by atoms with E-state index in [1.807, 2.05) is 25.7 Å². The SMILES string of the molecule is CCCCCCNC1=NCC2CN(C(=O)OC(C)(C)C)CCN12.I. The molecule has 0 radical (unpaired) electrons. The predicted octanol–water partition coefficient (Wildman–Crippen LogP) is 3.07. The zero-order chi connectivity index (χ0) is 16.9. The molecule has 2 rings (SSSR count). The van der Waals surface area contributed by atoms with Crippen LogP contribution in [-0.4, -0.2) is 66.2 Å². The molecule has 2 heterocycles. The van der Waals surface area contributed by atoms with Crippen LogP contribution in [0.1, 0.15) is 53.4 Å². The molecule has 140 valence electrons. The van der Waals surface area contributed by atoms with Crippen LogP contribution in [0.2, 0.25) is 0 Å². The van der Waals surface area contributed by atoms with Crippen LogP contribution in [0.3, 0.4) is 0 Å². The summed E-state index contributed by atoms with van der Waals surface area (Å²) in [6.45, 7) is 11.9. The molecular formula is C17H33IN4O2. The number of piperazine rings is 1. The maximum atomic E-state index is 12.2. The number of aliphatic imine (C=N–C) groups is 1. The quantitative estimate of drug-likeness (QED) is 0.515. The number of hydrogen-bond acceptors (Lipinski definition) is 5. The van der Waals surface area contributed by atoms with E-state index >= 15 is 0 Å². The lowest BCUT2D eigenvalue weighted by atomic mass is 10.2. The van der Waals surface area contributed by atoms with Gasteiger partial charge in [-0.05, 0) is 27.2 Å². The van der Waals surface area contributed by atoms with Gasteiger partial charge in [0.1, 0.15) is 5.60 Å². The Morgan fingerprint density at radius 2 is 2.04 bits per heavy atom. The van der Waals surface area contributed by atoms with Gasteiger partial charge in [0, 0.05) is 26.2 Å². The monoisotopic (exact) mass is 452 g/mol. The van der Waals surface area contributed by atoms with Crippen LogP contribution in [0.5, 0.6) is 0 Å². The van der Waals surface area contributed by atoms with Gasteiger partial charge < -0.3 is 19.9 Å². The van der Waals surface area contributed by atoms with Gasteiger partial charge in [-0.1, -0.05) is 26.2 Å². The van der Waals surface area contributed by atoms with Gasteiger partial charge in [0.15, 0.2) is 5.96 Å². The number of carbonyl (C=O) groups excluding carboxylic acids is 1. The first kappa shape index (κ1) is 21.3. The Hall–Kier alpha value is -0.730. The van der Waals surface area contributed by atoms with Crippen molar-refractivity contribution in [3.05, 3.63) is 0 Å². The van der Waals surface area contributed by atoms with Crippen molar-refractivity contribution < 1.29 is 9.53 Å². The summed E-state index contributed by atoms with van der Waals surface area (Å²) in [5.41, 5.74) is -0.439. The Morgan fingerprint density at radius 1 is 1.29 bits per heavy atom. The molecule has 0 bridgehead atoms. The molecule has 1 amide bonds. The number of unbranched alkanes of at least 4 members (excludes halogenated alkanes) is 3. The number of rotatable bonds is 5. The summed E-state index contributed by atoms with van der Waals surface area (Å²) in [5, 5.41) is 3.46. The van der Waals surface area contributed by atoms with Gasteiger partial charge >= 0.3 is 6.09 Å². The first-order valence-electron chi connectivity index (χ1n) is 8.93. The van der Waals surface area contributed by atoms with Crippen molar-refractivity contribution >= 4 is 36.0 Å². The fraction of sp³-hybridized carbons (Fsp3) is 0.882. The molecule has 24 heavy (non-hydrogen) atoms. The lowest BCUT2D eigenvalue weighted by Crippen LogP contribution is -2.57. The molecule has 7 heteroatoms. The van der Waals surface area contributed by atoms with Crippen LogP contribution in [0.25, 0.3) is 0 Å². The van der Waals surface area contributed by atoms with Gasteiger partial charge in [0.25, 0.3) is 0 Å². The second-order valence-corrected chi connectivity index (χ2v) is 7.43. The summed E-state index contributed by atoms with van der Waals surface area (Å²) in [5.74, 6) is 1.01. The Labute approximate surface area is 163 Å². The number of hydrogen-bond donors (Lipinski definition) is 1. The zero-order valence-electron chi connectivity index (χ0n) is 15.5. The van der Waals surface area contributed by atoms with E-state index in [0.29, 0.717) is 13.1 Å². The van der Waals surface area contributed by atoms with Gasteiger partial charge in [-0.25, -0.2) is 4.79 Å². The minimum Gasteiger partial charge on any atom is -0.444 e. The highest BCUT2D eigenvalue weighted by atomic mass is 127. The molecule has 0 spiro atoms. The third-order valence-electron chi connectivity index (χ3n) is 4.17. The van der Waals surface area contributed by atoms with Gasteiger partial charge in [-0.2, -0.15) is 0 Å². The lowest BCUT2D eigenvalue weighted by molar-refractivity contribution is 0.0137. The molecule has 0 saturated carbocycles. The van der Waals surface area contributed by atoms with Crippen molar-refractivity contribution in [1.29, 1.82) is 0 Å². The fourth-order valence-electron chi connectivity index (χ4n) is 2.97. The highest BCUT2D eigenvalue weighted by Crippen LogP contribution is 2.18. The number of ether oxygens (including phenoxy) is 1. The van der Waals surface area contributed by atoms with Crippen LogP contribution in [0, 0.1) is 0 Å². The van der Waals surface area contributed by atoms with Crippen LogP contribution in [0.15, 0.2) is 4.99 Å². The molecule has 0 aromatic carbocycles. The van der Waals surface area contributed by atoms with Crippen molar-refractivity contribution in [2.75, 3.05) is 32.7 Å². The summed E-state index contributed by atoms with van der Waals surface area (Å²) in [7, 11) is 0. The van der Waals surface area contributed by atoms with Crippen LogP contribution >= 0.6 is 24.0 Å². The molecule has 1 saturated heterocycles. The predicted molar refractivity (Wildman–Crippen MR) is 108 cm³/mol. The molecule has 2 aliphatic rings. The number of nitrogens with one attached hydrogen (secondary N) is 1. The molecule has 1 fully saturated rings. The van der Waals surface area contributed by atoms with E-state index in [0.717, 1.165) is 25.6 Å². The number of guanidine groups is 1. The standard InChI is InChI=1S/C17H32N4O2.HI/c1-5-6-7-8-9-18-15-19-12-14-13-20(10-11-21(14)15)16(22)23-17(2,3)4;/h14H,5-13H2,1-4H3,(H,18,19);1H. The average Bonchev–Trinajstić information content (AvgIpc) is 2.88. The Bertz CT molecular complexity index is 437. The highest BCUT2D eigenvalue weighted by Gasteiger charge is 2.36. The molecule has 6 nitrogen and oxygen atoms in total. The average molecular weight is 452 g/mol. The second-order valence-electron chi connectivity index (χ2n) is 7.43. The summed E-state index contributed by atoms with van der Waals surface area (Å²) in [6.07, 6.45) is 4.81. The van der Waals surface area contributed by atoms with Crippen LogP contribution < -0.4 is 5.32 Å². The normalized spacial score (nSPS) is 20.2. The van der Waals surface area contributed by atoms with E-state index in [1.54, 1.807) is 0 Å². The smallest absolute Gasteiger partial charge is 0.410 e. The number of halogens is 1. The van der Waals surface area contributed by atoms with Crippen molar-refractivity contribution in [1.82, 2.24) is 15.1 Å². The van der Waals surface area contributed by atoms with Gasteiger partial charge in [0.2, 0.25) is 0 Å². The van der Waals surface area contributed by atoms with Gasteiger partial charge in [0.05, 0.1) is 12.6 Å². The van der Waals surface area contributed by atoms with E-state index in [9.17, 15) is 4.79 Å². The van der Waals surface area contributed by atoms with Crippen molar-refractivity contribution in [2.45, 2.75) is 65.0 Å². The minimum atomic E-state index is -0.439. The number of carbonyl (C=O) groups is 1. The Kier molecular flexibility index (Phi) is 8.59. The van der Waals surface area contributed by atoms with Crippen LogP contribution in [-0.2, 0) is 4.74 Å². The topological polar surface area (TPSA) is 57.2 Å². The number of nitrogens with zero attached hydrogens (tertiary/aromatic N) is 3. The number of fused-ring (bicyclic) bond motifs is 1. The second kappa shape index (κ2) is 9.68. The molecule has 0 aliphatic carbocycles. The highest BCUT2D eigenvalue weighted by molar-refractivity contribution is 14.0. The van der Waals surface area contributed by atoms with Crippen LogP contribution in [0.4, 0.5) is 4.79 Å². The maximum absolute atomic E-state index is 12.2. The first-order valence-corrected chi connectivity index (χ1v) is 8.93. The van der Waals surface area contributed by atoms with Crippen molar-refractivity contribution in [3.63, 3.8) is 0 Å². The molecular weight excluding hydrogens is 419 g/mol. The molecule has 1 unspecified atom stereocenters. The van der Waals surface area contributed by atoms with Gasteiger partial charge in [-0.15, -0.1) is 24.0 Å². The lowest BCUT2D eigenvalue weighted by Gasteiger charge is -2.39. The first-order chi connectivity index (χ1) is 10.9. The Morgan fingerprint density at radius 3 is 2.71 bits per heavy atom. The molecule has 2 aliphatic heterocycles. The summed E-state index contributed by atoms with van der Waals surface area (Å²) in [4.78, 5) is 20.9. The molecule has 1 N–H and O–H groups in total. The van der Waals surface area contributed by atoms with E-state index in [-0.39, 0.29) is 36.1 Å². The number of amides is 1. The third-order valence-corrected chi connectivity index (χ3v) is 4.17. The zero-order valence-corrected chi connectivity index (χ0v) is 17.8.